The fourth-order valence-electron chi connectivity index (χ4n) is 5.10. The van der Waals surface area contributed by atoms with Crippen molar-refractivity contribution in [1.82, 2.24) is 39.4 Å². The molecule has 14 nitrogen and oxygen atoms in total. The fraction of sp³-hybridized carbons (Fsp3) is 0.370. The molecule has 4 aromatic rings. The lowest BCUT2D eigenvalue weighted by atomic mass is 10.1. The summed E-state index contributed by atoms with van der Waals surface area (Å²) >= 11 is 0. The fourth-order valence-corrected chi connectivity index (χ4v) is 5.10. The van der Waals surface area contributed by atoms with Crippen molar-refractivity contribution in [3.05, 3.63) is 59.7 Å². The first kappa shape index (κ1) is 25.0. The summed E-state index contributed by atoms with van der Waals surface area (Å²) in [5.74, 6) is 0.945. The third-order valence-corrected chi connectivity index (χ3v) is 7.64. The Kier molecular flexibility index (Phi) is 5.83. The Morgan fingerprint density at radius 2 is 2.00 bits per heavy atom. The Morgan fingerprint density at radius 3 is 2.76 bits per heavy atom. The van der Waals surface area contributed by atoms with Gasteiger partial charge in [0.05, 0.1) is 24.1 Å². The molecule has 4 amide bonds. The zero-order valence-electron chi connectivity index (χ0n) is 22.5. The highest BCUT2D eigenvalue weighted by Crippen LogP contribution is 2.46. The summed E-state index contributed by atoms with van der Waals surface area (Å²) in [4.78, 5) is 58.2. The van der Waals surface area contributed by atoms with Crippen molar-refractivity contribution in [2.75, 3.05) is 29.1 Å². The predicted octanol–water partition coefficient (Wildman–Crippen LogP) is 2.25. The van der Waals surface area contributed by atoms with Crippen LogP contribution < -0.4 is 15.5 Å². The molecule has 208 valence electrons. The van der Waals surface area contributed by atoms with Gasteiger partial charge >= 0.3 is 6.03 Å². The second-order valence-electron chi connectivity index (χ2n) is 10.7. The molecule has 3 fully saturated rings. The van der Waals surface area contributed by atoms with Crippen molar-refractivity contribution in [3.63, 3.8) is 0 Å². The molecule has 0 unspecified atom stereocenters. The zero-order valence-corrected chi connectivity index (χ0v) is 22.5. The first-order valence-electron chi connectivity index (χ1n) is 13.5. The molecule has 0 spiro atoms. The van der Waals surface area contributed by atoms with Crippen LogP contribution in [0.5, 0.6) is 0 Å². The Morgan fingerprint density at radius 1 is 1.15 bits per heavy atom. The number of anilines is 3. The van der Waals surface area contributed by atoms with E-state index in [4.69, 9.17) is 4.98 Å². The molecule has 14 heteroatoms. The topological polar surface area (TPSA) is 164 Å². The molecule has 1 saturated heterocycles. The Labute approximate surface area is 234 Å². The minimum absolute atomic E-state index is 0.0136. The number of rotatable bonds is 8. The normalized spacial score (nSPS) is 20.1. The van der Waals surface area contributed by atoms with Gasteiger partial charge in [-0.1, -0.05) is 0 Å². The molecule has 2 saturated carbocycles. The number of hydrogen-bond acceptors (Lipinski definition) is 10. The number of urea groups is 1. The third kappa shape index (κ3) is 4.81. The number of likely N-dealkylation sites (N-methyl/N-ethyl adjacent to an activating group) is 1. The maximum Gasteiger partial charge on any atom is 0.331 e. The minimum Gasteiger partial charge on any atom is -0.363 e. The number of imidazole rings is 1. The predicted molar refractivity (Wildman–Crippen MR) is 146 cm³/mol. The second-order valence-corrected chi connectivity index (χ2v) is 10.7. The Hall–Kier alpha value is -5.01. The molecular formula is C27H27N11O3. The van der Waals surface area contributed by atoms with Crippen LogP contribution in [0.1, 0.15) is 53.9 Å². The number of nitrogens with zero attached hydrogens (tertiary/aromatic N) is 9. The average molecular weight is 554 g/mol. The van der Waals surface area contributed by atoms with Crippen molar-refractivity contribution < 1.29 is 14.4 Å². The summed E-state index contributed by atoms with van der Waals surface area (Å²) in [5, 5.41) is 13.8. The van der Waals surface area contributed by atoms with Crippen LogP contribution >= 0.6 is 0 Å². The lowest BCUT2D eigenvalue weighted by Gasteiger charge is -2.17. The van der Waals surface area contributed by atoms with Gasteiger partial charge in [-0.3, -0.25) is 24.7 Å². The number of pyridine rings is 1. The molecule has 7 rings (SSSR count). The summed E-state index contributed by atoms with van der Waals surface area (Å²) in [5.41, 5.74) is 3.89. The summed E-state index contributed by atoms with van der Waals surface area (Å²) in [6, 6.07) is 3.43. The standard InChI is InChI=1S/C27H27N11O3/c1-14-5-6-28-23(31-14)18-8-19(18)25(40)34-26-33-21(10-30-35-26)29-9-17-12-37-11-16(15-3-4-15)7-20(24(37)32-17)38-13-22(39)36(2)27(38)41/h5-7,10-12,15,18-19H,3-4,8-9,13H2,1-2H3,(H2,29,33,34,35,40)/t18-,19-/m0/s1. The van der Waals surface area contributed by atoms with Gasteiger partial charge in [0.2, 0.25) is 11.8 Å². The van der Waals surface area contributed by atoms with E-state index in [-0.39, 0.29) is 42.2 Å². The lowest BCUT2D eigenvalue weighted by molar-refractivity contribution is -0.124. The highest BCUT2D eigenvalue weighted by Gasteiger charge is 2.46. The number of aryl methyl sites for hydroxylation is 1. The summed E-state index contributed by atoms with van der Waals surface area (Å²) in [6.07, 6.45) is 9.96. The van der Waals surface area contributed by atoms with Crippen LogP contribution in [0.3, 0.4) is 0 Å². The summed E-state index contributed by atoms with van der Waals surface area (Å²) < 4.78 is 1.91. The molecule has 0 aromatic carbocycles. The van der Waals surface area contributed by atoms with Gasteiger partial charge in [-0.15, -0.1) is 5.10 Å². The van der Waals surface area contributed by atoms with Gasteiger partial charge in [0.15, 0.2) is 11.5 Å². The van der Waals surface area contributed by atoms with Crippen molar-refractivity contribution in [1.29, 1.82) is 0 Å². The Balaban J connectivity index is 1.05. The first-order valence-corrected chi connectivity index (χ1v) is 13.5. The molecule has 2 atom stereocenters. The molecule has 2 aliphatic carbocycles. The van der Waals surface area contributed by atoms with E-state index in [1.165, 1.54) is 18.1 Å². The number of imide groups is 1. The van der Waals surface area contributed by atoms with Crippen molar-refractivity contribution >= 4 is 40.9 Å². The van der Waals surface area contributed by atoms with Gasteiger partial charge in [0.25, 0.3) is 5.95 Å². The number of aromatic nitrogens is 7. The van der Waals surface area contributed by atoms with Crippen LogP contribution in [0.25, 0.3) is 5.65 Å². The highest BCUT2D eigenvalue weighted by molar-refractivity contribution is 6.13. The van der Waals surface area contributed by atoms with Crippen LogP contribution in [-0.2, 0) is 16.1 Å². The maximum absolute atomic E-state index is 12.8. The average Bonchev–Trinajstić information content (AvgIpc) is 3.89. The minimum atomic E-state index is -0.363. The third-order valence-electron chi connectivity index (χ3n) is 7.64. The number of nitrogens with one attached hydrogen (secondary N) is 2. The maximum atomic E-state index is 12.8. The lowest BCUT2D eigenvalue weighted by Crippen LogP contribution is -2.30. The molecule has 2 N–H and O–H groups in total. The second kappa shape index (κ2) is 9.57. The number of fused-ring (bicyclic) bond motifs is 1. The van der Waals surface area contributed by atoms with Crippen LogP contribution in [0.4, 0.5) is 22.2 Å². The van der Waals surface area contributed by atoms with E-state index < -0.39 is 0 Å². The van der Waals surface area contributed by atoms with Crippen molar-refractivity contribution in [2.24, 2.45) is 5.92 Å². The molecule has 0 radical (unpaired) electrons. The zero-order chi connectivity index (χ0) is 28.2. The molecule has 3 aliphatic rings. The number of amides is 4. The molecule has 0 bridgehead atoms. The van der Waals surface area contributed by atoms with E-state index in [2.05, 4.69) is 35.8 Å². The summed E-state index contributed by atoms with van der Waals surface area (Å²) in [6.45, 7) is 2.20. The molecule has 1 aliphatic heterocycles. The summed E-state index contributed by atoms with van der Waals surface area (Å²) in [7, 11) is 1.49. The highest BCUT2D eigenvalue weighted by atomic mass is 16.2. The molecule has 41 heavy (non-hydrogen) atoms. The van der Waals surface area contributed by atoms with Gasteiger partial charge in [0, 0.05) is 43.2 Å². The van der Waals surface area contributed by atoms with Crippen LogP contribution in [-0.4, -0.2) is 70.9 Å². The van der Waals surface area contributed by atoms with E-state index >= 15 is 0 Å². The smallest absolute Gasteiger partial charge is 0.331 e. The van der Waals surface area contributed by atoms with Crippen LogP contribution in [0.2, 0.25) is 0 Å². The van der Waals surface area contributed by atoms with Crippen molar-refractivity contribution in [2.45, 2.75) is 44.6 Å². The van der Waals surface area contributed by atoms with Gasteiger partial charge in [-0.2, -0.15) is 10.1 Å². The molecule has 5 heterocycles. The molecule has 4 aromatic heterocycles. The SMILES string of the molecule is Cc1ccnc([C@H]2C[C@@H]2C(=O)Nc2nncc(NCc3cn4cc(C5CC5)cc(N5CC(=O)N(C)C5=O)c4n3)n2)n1. The Bertz CT molecular complexity index is 1720. The van der Waals surface area contributed by atoms with E-state index in [0.29, 0.717) is 47.6 Å². The van der Waals surface area contributed by atoms with E-state index in [1.807, 2.05) is 35.9 Å². The first-order chi connectivity index (χ1) is 19.8. The van der Waals surface area contributed by atoms with E-state index in [9.17, 15) is 14.4 Å². The van der Waals surface area contributed by atoms with Gasteiger partial charge in [0.1, 0.15) is 12.4 Å². The van der Waals surface area contributed by atoms with E-state index in [1.54, 1.807) is 6.20 Å². The number of carbonyl (C=O) groups excluding carboxylic acids is 3. The van der Waals surface area contributed by atoms with E-state index in [0.717, 1.165) is 29.0 Å². The van der Waals surface area contributed by atoms with Gasteiger partial charge in [-0.25, -0.2) is 19.7 Å². The molecular weight excluding hydrogens is 526 g/mol. The van der Waals surface area contributed by atoms with Gasteiger partial charge < -0.3 is 9.72 Å². The van der Waals surface area contributed by atoms with Crippen LogP contribution in [0, 0.1) is 12.8 Å². The number of carbonyl (C=O) groups is 3. The largest absolute Gasteiger partial charge is 0.363 e. The van der Waals surface area contributed by atoms with Crippen LogP contribution in [0.15, 0.2) is 36.9 Å². The van der Waals surface area contributed by atoms with Crippen molar-refractivity contribution in [3.8, 4) is 0 Å². The van der Waals surface area contributed by atoms with Gasteiger partial charge in [-0.05, 0) is 49.8 Å². The monoisotopic (exact) mass is 553 g/mol. The number of hydrogen-bond donors (Lipinski definition) is 2. The quantitative estimate of drug-likeness (QED) is 0.309.